The molecule has 0 aliphatic heterocycles. The minimum absolute atomic E-state index is 0.0328. The topological polar surface area (TPSA) is 77.2 Å². The molecule has 21 heavy (non-hydrogen) atoms. The number of nitrogens with one attached hydrogen (secondary N) is 1. The van der Waals surface area contributed by atoms with Gasteiger partial charge in [-0.05, 0) is 18.6 Å². The SMILES string of the molecule is CCC(Nc1c(Cl)cc(N)cc1C(=O)OC)c1nccs1. The van der Waals surface area contributed by atoms with Gasteiger partial charge >= 0.3 is 5.97 Å². The van der Waals surface area contributed by atoms with Crippen LogP contribution in [0, 0.1) is 0 Å². The van der Waals surface area contributed by atoms with E-state index in [9.17, 15) is 4.79 Å². The highest BCUT2D eigenvalue weighted by molar-refractivity contribution is 7.09. The summed E-state index contributed by atoms with van der Waals surface area (Å²) in [4.78, 5) is 16.2. The first-order valence-corrected chi connectivity index (χ1v) is 7.65. The van der Waals surface area contributed by atoms with Crippen molar-refractivity contribution < 1.29 is 9.53 Å². The Morgan fingerprint density at radius 3 is 2.90 bits per heavy atom. The van der Waals surface area contributed by atoms with Crippen LogP contribution in [0.2, 0.25) is 5.02 Å². The molecule has 0 fully saturated rings. The van der Waals surface area contributed by atoms with Gasteiger partial charge in [0.2, 0.25) is 0 Å². The predicted molar refractivity (Wildman–Crippen MR) is 86.0 cm³/mol. The van der Waals surface area contributed by atoms with Gasteiger partial charge in [-0.15, -0.1) is 11.3 Å². The number of benzene rings is 1. The van der Waals surface area contributed by atoms with Crippen molar-refractivity contribution in [1.82, 2.24) is 4.98 Å². The summed E-state index contributed by atoms with van der Waals surface area (Å²) < 4.78 is 4.79. The van der Waals surface area contributed by atoms with Crippen molar-refractivity contribution in [3.63, 3.8) is 0 Å². The van der Waals surface area contributed by atoms with Crippen LogP contribution in [0.25, 0.3) is 0 Å². The molecule has 1 aromatic heterocycles. The molecule has 0 aliphatic rings. The van der Waals surface area contributed by atoms with E-state index in [4.69, 9.17) is 22.1 Å². The average Bonchev–Trinajstić information content (AvgIpc) is 2.99. The summed E-state index contributed by atoms with van der Waals surface area (Å²) >= 11 is 7.78. The van der Waals surface area contributed by atoms with Crippen molar-refractivity contribution in [1.29, 1.82) is 0 Å². The molecule has 1 aromatic carbocycles. The van der Waals surface area contributed by atoms with Crippen LogP contribution < -0.4 is 11.1 Å². The molecular weight excluding hydrogens is 310 g/mol. The normalized spacial score (nSPS) is 12.0. The molecule has 0 radical (unpaired) electrons. The molecule has 2 aromatic rings. The number of hydrogen-bond acceptors (Lipinski definition) is 6. The lowest BCUT2D eigenvalue weighted by atomic mass is 10.1. The number of aromatic nitrogens is 1. The van der Waals surface area contributed by atoms with Gasteiger partial charge in [0.1, 0.15) is 5.01 Å². The number of halogens is 1. The lowest BCUT2D eigenvalue weighted by Crippen LogP contribution is -2.14. The Morgan fingerprint density at radius 2 is 2.33 bits per heavy atom. The van der Waals surface area contributed by atoms with Gasteiger partial charge in [-0.2, -0.15) is 0 Å². The Hall–Kier alpha value is -1.79. The van der Waals surface area contributed by atoms with E-state index in [0.717, 1.165) is 11.4 Å². The fraction of sp³-hybridized carbons (Fsp3) is 0.286. The maximum atomic E-state index is 11.9. The number of thiazole rings is 1. The smallest absolute Gasteiger partial charge is 0.340 e. The van der Waals surface area contributed by atoms with Gasteiger partial charge in [0.25, 0.3) is 0 Å². The van der Waals surface area contributed by atoms with Crippen molar-refractivity contribution >= 4 is 40.3 Å². The molecule has 3 N–H and O–H groups in total. The zero-order chi connectivity index (χ0) is 15.4. The molecule has 0 bridgehead atoms. The second-order valence-electron chi connectivity index (χ2n) is 4.39. The minimum atomic E-state index is -0.485. The van der Waals surface area contributed by atoms with Gasteiger partial charge in [-0.1, -0.05) is 18.5 Å². The molecule has 2 rings (SSSR count). The third-order valence-electron chi connectivity index (χ3n) is 2.99. The Labute approximate surface area is 132 Å². The zero-order valence-corrected chi connectivity index (χ0v) is 13.3. The van der Waals surface area contributed by atoms with E-state index < -0.39 is 5.97 Å². The Kier molecular flexibility index (Phi) is 5.03. The predicted octanol–water partition coefficient (Wildman–Crippen LogP) is 3.73. The van der Waals surface area contributed by atoms with Crippen LogP contribution in [-0.4, -0.2) is 18.1 Å². The van der Waals surface area contributed by atoms with Crippen LogP contribution in [0.15, 0.2) is 23.7 Å². The minimum Gasteiger partial charge on any atom is -0.465 e. The quantitative estimate of drug-likeness (QED) is 0.647. The van der Waals surface area contributed by atoms with E-state index in [1.54, 1.807) is 29.7 Å². The average molecular weight is 326 g/mol. The van der Waals surface area contributed by atoms with E-state index in [0.29, 0.717) is 22.0 Å². The molecule has 0 aliphatic carbocycles. The number of nitrogens with two attached hydrogens (primary N) is 1. The van der Waals surface area contributed by atoms with Crippen LogP contribution >= 0.6 is 22.9 Å². The maximum Gasteiger partial charge on any atom is 0.340 e. The molecule has 0 spiro atoms. The van der Waals surface area contributed by atoms with Gasteiger partial charge in [0, 0.05) is 17.3 Å². The second kappa shape index (κ2) is 6.78. The fourth-order valence-corrected chi connectivity index (χ4v) is 3.02. The number of ether oxygens (including phenoxy) is 1. The largest absolute Gasteiger partial charge is 0.465 e. The molecule has 0 saturated carbocycles. The molecule has 1 heterocycles. The second-order valence-corrected chi connectivity index (χ2v) is 5.73. The van der Waals surface area contributed by atoms with E-state index in [1.807, 2.05) is 12.3 Å². The molecule has 112 valence electrons. The number of carbonyl (C=O) groups is 1. The number of methoxy groups -OCH3 is 1. The first kappa shape index (κ1) is 15.6. The molecule has 0 saturated heterocycles. The number of nitrogens with zero attached hydrogens (tertiary/aromatic N) is 1. The highest BCUT2D eigenvalue weighted by atomic mass is 35.5. The number of carbonyl (C=O) groups excluding carboxylic acids is 1. The van der Waals surface area contributed by atoms with Crippen LogP contribution in [-0.2, 0) is 4.74 Å². The van der Waals surface area contributed by atoms with Crippen LogP contribution in [0.5, 0.6) is 0 Å². The molecule has 7 heteroatoms. The van der Waals surface area contributed by atoms with Gasteiger partial charge in [-0.3, -0.25) is 0 Å². The fourth-order valence-electron chi connectivity index (χ4n) is 1.96. The summed E-state index contributed by atoms with van der Waals surface area (Å²) in [7, 11) is 1.32. The number of hydrogen-bond donors (Lipinski definition) is 2. The van der Waals surface area contributed by atoms with E-state index in [-0.39, 0.29) is 6.04 Å². The van der Waals surface area contributed by atoms with E-state index >= 15 is 0 Å². The standard InChI is InChI=1S/C14H16ClN3O2S/c1-3-11(13-17-4-5-21-13)18-12-9(14(19)20-2)6-8(16)7-10(12)15/h4-7,11,18H,3,16H2,1-2H3. The van der Waals surface area contributed by atoms with Gasteiger partial charge in [0.15, 0.2) is 0 Å². The monoisotopic (exact) mass is 325 g/mol. The summed E-state index contributed by atoms with van der Waals surface area (Å²) in [5.41, 5.74) is 6.99. The van der Waals surface area contributed by atoms with E-state index in [2.05, 4.69) is 10.3 Å². The zero-order valence-electron chi connectivity index (χ0n) is 11.7. The third-order valence-corrected chi connectivity index (χ3v) is 4.18. The van der Waals surface area contributed by atoms with Crippen LogP contribution in [0.4, 0.5) is 11.4 Å². The molecule has 1 atom stereocenters. The van der Waals surface area contributed by atoms with Gasteiger partial charge in [0.05, 0.1) is 29.4 Å². The summed E-state index contributed by atoms with van der Waals surface area (Å²) in [5.74, 6) is -0.485. The maximum absolute atomic E-state index is 11.9. The van der Waals surface area contributed by atoms with Crippen molar-refractivity contribution in [2.24, 2.45) is 0 Å². The number of anilines is 2. The number of esters is 1. The Bertz CT molecular complexity index is 631. The molecular formula is C14H16ClN3O2S. The lowest BCUT2D eigenvalue weighted by Gasteiger charge is -2.19. The lowest BCUT2D eigenvalue weighted by molar-refractivity contribution is 0.0602. The first-order valence-electron chi connectivity index (χ1n) is 6.40. The summed E-state index contributed by atoms with van der Waals surface area (Å²) in [6.07, 6.45) is 2.55. The summed E-state index contributed by atoms with van der Waals surface area (Å²) in [6, 6.07) is 3.12. The molecule has 1 unspecified atom stereocenters. The highest BCUT2D eigenvalue weighted by Gasteiger charge is 2.20. The summed E-state index contributed by atoms with van der Waals surface area (Å²) in [5, 5.41) is 6.49. The van der Waals surface area contributed by atoms with Crippen LogP contribution in [0.1, 0.15) is 34.8 Å². The van der Waals surface area contributed by atoms with E-state index in [1.165, 1.54) is 7.11 Å². The first-order chi connectivity index (χ1) is 10.1. The van der Waals surface area contributed by atoms with Crippen molar-refractivity contribution in [2.45, 2.75) is 19.4 Å². The third kappa shape index (κ3) is 3.46. The van der Waals surface area contributed by atoms with Crippen LogP contribution in [0.3, 0.4) is 0 Å². The van der Waals surface area contributed by atoms with Gasteiger partial charge in [-0.25, -0.2) is 9.78 Å². The van der Waals surface area contributed by atoms with Crippen molar-refractivity contribution in [3.05, 3.63) is 39.3 Å². The van der Waals surface area contributed by atoms with Gasteiger partial charge < -0.3 is 15.8 Å². The number of rotatable bonds is 5. The Balaban J connectivity index is 2.40. The molecule has 5 nitrogen and oxygen atoms in total. The Morgan fingerprint density at radius 1 is 1.57 bits per heavy atom. The number of nitrogen functional groups attached to an aromatic ring is 1. The highest BCUT2D eigenvalue weighted by Crippen LogP contribution is 2.34. The summed E-state index contributed by atoms with van der Waals surface area (Å²) in [6.45, 7) is 2.03. The molecule has 0 amide bonds. The van der Waals surface area contributed by atoms with Crippen molar-refractivity contribution in [2.75, 3.05) is 18.2 Å². The van der Waals surface area contributed by atoms with Crippen molar-refractivity contribution in [3.8, 4) is 0 Å².